The molecule has 0 spiro atoms. The monoisotopic (exact) mass is 379 g/mol. The van der Waals surface area contributed by atoms with Gasteiger partial charge in [-0.25, -0.2) is 0 Å². The van der Waals surface area contributed by atoms with Gasteiger partial charge >= 0.3 is 0 Å². The van der Waals surface area contributed by atoms with E-state index in [1.54, 1.807) is 13.2 Å². The lowest BCUT2D eigenvalue weighted by molar-refractivity contribution is 0.0812. The summed E-state index contributed by atoms with van der Waals surface area (Å²) < 4.78 is 11.6. The van der Waals surface area contributed by atoms with Gasteiger partial charge in [0.15, 0.2) is 11.3 Å². The number of rotatable bonds is 4. The molecular weight excluding hydrogens is 358 g/mol. The van der Waals surface area contributed by atoms with Gasteiger partial charge in [-0.1, -0.05) is 22.0 Å². The Kier molecular flexibility index (Phi) is 5.07. The Hall–Kier alpha value is -1.33. The molecule has 0 amide bonds. The molecule has 124 valence electrons. The normalized spacial score (nSPS) is 16.2. The van der Waals surface area contributed by atoms with Crippen LogP contribution in [0.25, 0.3) is 11.0 Å². The number of hydrogen-bond donors (Lipinski definition) is 0. The van der Waals surface area contributed by atoms with E-state index in [9.17, 15) is 4.79 Å². The quantitative estimate of drug-likeness (QED) is 0.760. The molecule has 2 aromatic rings. The van der Waals surface area contributed by atoms with Crippen molar-refractivity contribution in [1.82, 2.24) is 0 Å². The van der Waals surface area contributed by atoms with Crippen LogP contribution in [0, 0.1) is 6.92 Å². The molecule has 1 fully saturated rings. The summed E-state index contributed by atoms with van der Waals surface area (Å²) in [5, 5.41) is 1.52. The van der Waals surface area contributed by atoms with Crippen LogP contribution in [0.1, 0.15) is 24.0 Å². The second-order valence-electron chi connectivity index (χ2n) is 6.11. The Morgan fingerprint density at radius 2 is 2.04 bits per heavy atom. The Labute approximate surface area is 144 Å². The van der Waals surface area contributed by atoms with Crippen molar-refractivity contribution in [2.75, 3.05) is 30.4 Å². The van der Waals surface area contributed by atoms with E-state index in [0.717, 1.165) is 54.4 Å². The largest absolute Gasteiger partial charge is 0.440 e. The van der Waals surface area contributed by atoms with Crippen LogP contribution in [0.4, 0.5) is 5.88 Å². The third-order valence-corrected chi connectivity index (χ3v) is 4.88. The highest BCUT2D eigenvalue weighted by molar-refractivity contribution is 9.09. The fourth-order valence-electron chi connectivity index (χ4n) is 3.23. The van der Waals surface area contributed by atoms with Gasteiger partial charge in [-0.3, -0.25) is 4.79 Å². The van der Waals surface area contributed by atoms with Gasteiger partial charge in [0.05, 0.1) is 11.5 Å². The van der Waals surface area contributed by atoms with Crippen molar-refractivity contribution in [1.29, 1.82) is 0 Å². The highest BCUT2D eigenvalue weighted by Gasteiger charge is 2.21. The lowest BCUT2D eigenvalue weighted by Crippen LogP contribution is -2.37. The SMILES string of the molecule is COC1CCN(c2cc(=O)c3cc(C)cc(CCBr)c3o2)CC1. The van der Waals surface area contributed by atoms with Crippen LogP contribution in [-0.4, -0.2) is 31.6 Å². The summed E-state index contributed by atoms with van der Waals surface area (Å²) in [6.45, 7) is 3.72. The van der Waals surface area contributed by atoms with Crippen LogP contribution in [0.2, 0.25) is 0 Å². The van der Waals surface area contributed by atoms with Crippen LogP contribution in [0.15, 0.2) is 27.4 Å². The second kappa shape index (κ2) is 7.05. The number of methoxy groups -OCH3 is 1. The van der Waals surface area contributed by atoms with E-state index in [1.165, 1.54) is 0 Å². The molecule has 3 rings (SSSR count). The van der Waals surface area contributed by atoms with E-state index in [2.05, 4.69) is 26.9 Å². The third-order valence-electron chi connectivity index (χ3n) is 4.49. The van der Waals surface area contributed by atoms with Gasteiger partial charge in [0.25, 0.3) is 0 Å². The Balaban J connectivity index is 2.01. The van der Waals surface area contributed by atoms with Crippen molar-refractivity contribution in [3.05, 3.63) is 39.5 Å². The van der Waals surface area contributed by atoms with Gasteiger partial charge in [-0.2, -0.15) is 0 Å². The lowest BCUT2D eigenvalue weighted by atomic mass is 10.0. The first-order valence-corrected chi connectivity index (χ1v) is 9.15. The number of anilines is 1. The first-order chi connectivity index (χ1) is 11.1. The number of aryl methyl sites for hydroxylation is 2. The molecule has 0 radical (unpaired) electrons. The minimum absolute atomic E-state index is 0.0367. The molecular formula is C18H22BrNO3. The molecule has 1 aromatic heterocycles. The average Bonchev–Trinajstić information content (AvgIpc) is 2.56. The molecule has 0 N–H and O–H groups in total. The van der Waals surface area contributed by atoms with Gasteiger partial charge in [0.1, 0.15) is 5.58 Å². The molecule has 0 unspecified atom stereocenters. The Morgan fingerprint density at radius 1 is 1.30 bits per heavy atom. The smallest absolute Gasteiger partial charge is 0.200 e. The van der Waals surface area contributed by atoms with E-state index >= 15 is 0 Å². The van der Waals surface area contributed by atoms with Gasteiger partial charge in [-0.15, -0.1) is 0 Å². The van der Waals surface area contributed by atoms with Crippen LogP contribution in [-0.2, 0) is 11.2 Å². The van der Waals surface area contributed by atoms with Crippen LogP contribution >= 0.6 is 15.9 Å². The molecule has 5 heteroatoms. The first-order valence-electron chi connectivity index (χ1n) is 8.03. The maximum absolute atomic E-state index is 12.5. The van der Waals surface area contributed by atoms with E-state index in [4.69, 9.17) is 9.15 Å². The fourth-order valence-corrected chi connectivity index (χ4v) is 3.66. The minimum atomic E-state index is 0.0367. The molecule has 0 atom stereocenters. The highest BCUT2D eigenvalue weighted by Crippen LogP contribution is 2.26. The van der Waals surface area contributed by atoms with Gasteiger partial charge in [-0.05, 0) is 43.4 Å². The number of fused-ring (bicyclic) bond motifs is 1. The topological polar surface area (TPSA) is 42.7 Å². The molecule has 4 nitrogen and oxygen atoms in total. The molecule has 2 heterocycles. The van der Waals surface area contributed by atoms with Crippen molar-refractivity contribution in [2.45, 2.75) is 32.3 Å². The molecule has 1 aliphatic rings. The molecule has 0 saturated carbocycles. The zero-order chi connectivity index (χ0) is 16.4. The van der Waals surface area contributed by atoms with Crippen molar-refractivity contribution in [2.24, 2.45) is 0 Å². The third kappa shape index (κ3) is 3.45. The van der Waals surface area contributed by atoms with Gasteiger partial charge in [0, 0.05) is 31.6 Å². The molecule has 1 saturated heterocycles. The molecule has 1 aliphatic heterocycles. The maximum atomic E-state index is 12.5. The highest BCUT2D eigenvalue weighted by atomic mass is 79.9. The lowest BCUT2D eigenvalue weighted by Gasteiger charge is -2.31. The standard InChI is InChI=1S/C18H22BrNO3/c1-12-9-13(3-6-19)18-15(10-12)16(21)11-17(23-18)20-7-4-14(22-2)5-8-20/h9-11,14H,3-8H2,1-2H3. The zero-order valence-electron chi connectivity index (χ0n) is 13.6. The molecule has 0 aliphatic carbocycles. The van der Waals surface area contributed by atoms with Crippen LogP contribution < -0.4 is 10.3 Å². The summed E-state index contributed by atoms with van der Waals surface area (Å²) in [5.74, 6) is 0.678. The predicted molar refractivity (Wildman–Crippen MR) is 97.0 cm³/mol. The number of hydrogen-bond acceptors (Lipinski definition) is 4. The van der Waals surface area contributed by atoms with Gasteiger partial charge in [0.2, 0.25) is 0 Å². The van der Waals surface area contributed by atoms with Gasteiger partial charge < -0.3 is 14.1 Å². The number of alkyl halides is 1. The minimum Gasteiger partial charge on any atom is -0.440 e. The van der Waals surface area contributed by atoms with Crippen LogP contribution in [0.3, 0.4) is 0 Å². The number of ether oxygens (including phenoxy) is 1. The number of piperidine rings is 1. The molecule has 0 bridgehead atoms. The van der Waals surface area contributed by atoms with Crippen molar-refractivity contribution in [3.63, 3.8) is 0 Å². The van der Waals surface area contributed by atoms with E-state index < -0.39 is 0 Å². The van der Waals surface area contributed by atoms with Crippen LogP contribution in [0.5, 0.6) is 0 Å². The van der Waals surface area contributed by atoms with E-state index in [0.29, 0.717) is 17.4 Å². The summed E-state index contributed by atoms with van der Waals surface area (Å²) in [6.07, 6.45) is 3.07. The van der Waals surface area contributed by atoms with Crippen molar-refractivity contribution in [3.8, 4) is 0 Å². The summed E-state index contributed by atoms with van der Waals surface area (Å²) in [4.78, 5) is 14.7. The van der Waals surface area contributed by atoms with Crippen molar-refractivity contribution >= 4 is 32.8 Å². The summed E-state index contributed by atoms with van der Waals surface area (Å²) in [6, 6.07) is 5.65. The average molecular weight is 380 g/mol. The molecule has 23 heavy (non-hydrogen) atoms. The fraction of sp³-hybridized carbons (Fsp3) is 0.500. The second-order valence-corrected chi connectivity index (χ2v) is 6.90. The Morgan fingerprint density at radius 3 is 2.70 bits per heavy atom. The maximum Gasteiger partial charge on any atom is 0.200 e. The Bertz CT molecular complexity index is 748. The molecule has 1 aromatic carbocycles. The number of nitrogens with zero attached hydrogens (tertiary/aromatic N) is 1. The summed E-state index contributed by atoms with van der Waals surface area (Å²) >= 11 is 3.48. The number of halogens is 1. The summed E-state index contributed by atoms with van der Waals surface area (Å²) in [5.41, 5.74) is 2.94. The number of benzene rings is 1. The first kappa shape index (κ1) is 16.5. The predicted octanol–water partition coefficient (Wildman–Crippen LogP) is 3.65. The van der Waals surface area contributed by atoms with Crippen molar-refractivity contribution < 1.29 is 9.15 Å². The zero-order valence-corrected chi connectivity index (χ0v) is 15.2. The van der Waals surface area contributed by atoms with E-state index in [-0.39, 0.29) is 5.43 Å². The summed E-state index contributed by atoms with van der Waals surface area (Å²) in [7, 11) is 1.76. The van der Waals surface area contributed by atoms with E-state index in [1.807, 2.05) is 13.0 Å².